The Labute approximate surface area is 151 Å². The minimum Gasteiger partial charge on any atom is -0.424 e. The Bertz CT molecular complexity index is 837. The van der Waals surface area contributed by atoms with Crippen LogP contribution in [0.5, 0.6) is 11.8 Å². The van der Waals surface area contributed by atoms with Crippen LogP contribution in [-0.4, -0.2) is 15.9 Å². The maximum Gasteiger partial charge on any atom is 0.321 e. The van der Waals surface area contributed by atoms with Crippen molar-refractivity contribution >= 4 is 39.1 Å². The van der Waals surface area contributed by atoms with E-state index < -0.39 is 0 Å². The Kier molecular flexibility index (Phi) is 5.08. The number of rotatable bonds is 4. The van der Waals surface area contributed by atoms with Gasteiger partial charge in [-0.1, -0.05) is 27.5 Å². The number of carbonyl (C=O) groups is 1. The maximum atomic E-state index is 12.1. The first kappa shape index (κ1) is 16.4. The molecule has 120 valence electrons. The van der Waals surface area contributed by atoms with Crippen LogP contribution in [0.2, 0.25) is 5.02 Å². The molecule has 3 rings (SSSR count). The van der Waals surface area contributed by atoms with Crippen LogP contribution < -0.4 is 10.1 Å². The van der Waals surface area contributed by atoms with Crippen LogP contribution in [0.4, 0.5) is 5.69 Å². The van der Waals surface area contributed by atoms with E-state index in [1.54, 1.807) is 36.4 Å². The standard InChI is InChI=1S/C17H11BrClN3O2/c18-12-1-7-15(8-2-12)24-17-20-9-11(10-21-17)16(23)22-14-5-3-13(19)4-6-14/h1-10H,(H,22,23). The minimum atomic E-state index is -0.312. The number of hydrogen-bond acceptors (Lipinski definition) is 4. The second kappa shape index (κ2) is 7.42. The molecule has 0 fully saturated rings. The Morgan fingerprint density at radius 2 is 1.62 bits per heavy atom. The molecule has 2 aromatic carbocycles. The number of benzene rings is 2. The van der Waals surface area contributed by atoms with Gasteiger partial charge in [0.25, 0.3) is 5.91 Å². The van der Waals surface area contributed by atoms with Crippen LogP contribution in [0.15, 0.2) is 65.4 Å². The zero-order valence-corrected chi connectivity index (χ0v) is 14.6. The molecular formula is C17H11BrClN3O2. The van der Waals surface area contributed by atoms with Crippen LogP contribution in [0, 0.1) is 0 Å². The fourth-order valence-electron chi connectivity index (χ4n) is 1.83. The molecule has 24 heavy (non-hydrogen) atoms. The largest absolute Gasteiger partial charge is 0.424 e. The quantitative estimate of drug-likeness (QED) is 0.669. The van der Waals surface area contributed by atoms with Gasteiger partial charge in [0, 0.05) is 27.6 Å². The topological polar surface area (TPSA) is 64.1 Å². The minimum absolute atomic E-state index is 0.167. The van der Waals surface area contributed by atoms with E-state index in [0.717, 1.165) is 4.47 Å². The van der Waals surface area contributed by atoms with Gasteiger partial charge in [-0.3, -0.25) is 4.79 Å². The second-order valence-corrected chi connectivity index (χ2v) is 6.12. The summed E-state index contributed by atoms with van der Waals surface area (Å²) in [5.74, 6) is 0.295. The fraction of sp³-hybridized carbons (Fsp3) is 0. The number of carbonyl (C=O) groups excluding carboxylic acids is 1. The first-order valence-electron chi connectivity index (χ1n) is 6.92. The second-order valence-electron chi connectivity index (χ2n) is 4.77. The Morgan fingerprint density at radius 3 is 2.25 bits per heavy atom. The number of hydrogen-bond donors (Lipinski definition) is 1. The molecule has 7 heteroatoms. The molecule has 1 amide bonds. The van der Waals surface area contributed by atoms with Gasteiger partial charge in [0.2, 0.25) is 0 Å². The molecule has 0 saturated heterocycles. The van der Waals surface area contributed by atoms with E-state index >= 15 is 0 Å². The molecule has 0 radical (unpaired) electrons. The third-order valence-electron chi connectivity index (χ3n) is 3.02. The van der Waals surface area contributed by atoms with Gasteiger partial charge in [-0.05, 0) is 48.5 Å². The lowest BCUT2D eigenvalue weighted by Gasteiger charge is -2.06. The van der Waals surface area contributed by atoms with Gasteiger partial charge in [-0.15, -0.1) is 0 Å². The molecule has 3 aromatic rings. The number of anilines is 1. The van der Waals surface area contributed by atoms with Gasteiger partial charge in [0.1, 0.15) is 5.75 Å². The first-order chi connectivity index (χ1) is 11.6. The third kappa shape index (κ3) is 4.31. The third-order valence-corrected chi connectivity index (χ3v) is 3.80. The van der Waals surface area contributed by atoms with Gasteiger partial charge in [-0.25, -0.2) is 9.97 Å². The van der Waals surface area contributed by atoms with Crippen LogP contribution >= 0.6 is 27.5 Å². The van der Waals surface area contributed by atoms with Crippen molar-refractivity contribution in [3.63, 3.8) is 0 Å². The normalized spacial score (nSPS) is 10.2. The number of aromatic nitrogens is 2. The summed E-state index contributed by atoms with van der Waals surface area (Å²) < 4.78 is 6.46. The number of ether oxygens (including phenoxy) is 1. The van der Waals surface area contributed by atoms with Crippen LogP contribution in [0.25, 0.3) is 0 Å². The lowest BCUT2D eigenvalue weighted by Crippen LogP contribution is -2.12. The summed E-state index contributed by atoms with van der Waals surface area (Å²) in [7, 11) is 0. The molecule has 5 nitrogen and oxygen atoms in total. The average Bonchev–Trinajstić information content (AvgIpc) is 2.59. The van der Waals surface area contributed by atoms with E-state index in [0.29, 0.717) is 22.0 Å². The van der Waals surface area contributed by atoms with Crippen molar-refractivity contribution in [2.45, 2.75) is 0 Å². The highest BCUT2D eigenvalue weighted by atomic mass is 79.9. The molecule has 1 aromatic heterocycles. The summed E-state index contributed by atoms with van der Waals surface area (Å²) in [4.78, 5) is 20.2. The van der Waals surface area contributed by atoms with E-state index in [-0.39, 0.29) is 11.9 Å². The molecule has 0 bridgehead atoms. The van der Waals surface area contributed by atoms with Crippen molar-refractivity contribution in [2.75, 3.05) is 5.32 Å². The number of nitrogens with one attached hydrogen (secondary N) is 1. The van der Waals surface area contributed by atoms with Crippen molar-refractivity contribution in [2.24, 2.45) is 0 Å². The highest BCUT2D eigenvalue weighted by Crippen LogP contribution is 2.20. The molecule has 0 unspecified atom stereocenters. The lowest BCUT2D eigenvalue weighted by molar-refractivity contribution is 0.102. The zero-order valence-electron chi connectivity index (χ0n) is 12.2. The van der Waals surface area contributed by atoms with Crippen LogP contribution in [-0.2, 0) is 0 Å². The molecule has 0 aliphatic carbocycles. The van der Waals surface area contributed by atoms with Crippen molar-refractivity contribution in [1.82, 2.24) is 9.97 Å². The first-order valence-corrected chi connectivity index (χ1v) is 8.09. The van der Waals surface area contributed by atoms with Gasteiger partial charge in [0.05, 0.1) is 5.56 Å². The Balaban J connectivity index is 1.66. The van der Waals surface area contributed by atoms with E-state index in [2.05, 4.69) is 31.2 Å². The van der Waals surface area contributed by atoms with E-state index in [4.69, 9.17) is 16.3 Å². The summed E-state index contributed by atoms with van der Waals surface area (Å²) in [5, 5.41) is 3.34. The Morgan fingerprint density at radius 1 is 1.00 bits per heavy atom. The van der Waals surface area contributed by atoms with E-state index in [1.807, 2.05) is 12.1 Å². The van der Waals surface area contributed by atoms with E-state index in [9.17, 15) is 4.79 Å². The summed E-state index contributed by atoms with van der Waals surface area (Å²) in [6, 6.07) is 14.3. The number of nitrogens with zero attached hydrogens (tertiary/aromatic N) is 2. The summed E-state index contributed by atoms with van der Waals surface area (Å²) >= 11 is 9.16. The molecule has 0 saturated carbocycles. The summed E-state index contributed by atoms with van der Waals surface area (Å²) in [6.45, 7) is 0. The zero-order chi connectivity index (χ0) is 16.9. The number of amides is 1. The molecule has 1 heterocycles. The summed E-state index contributed by atoms with van der Waals surface area (Å²) in [6.07, 6.45) is 2.82. The predicted molar refractivity (Wildman–Crippen MR) is 95.7 cm³/mol. The molecule has 0 aliphatic rings. The maximum absolute atomic E-state index is 12.1. The predicted octanol–water partition coefficient (Wildman–Crippen LogP) is 4.94. The lowest BCUT2D eigenvalue weighted by atomic mass is 10.3. The number of halogens is 2. The van der Waals surface area contributed by atoms with Crippen molar-refractivity contribution in [3.05, 3.63) is 76.0 Å². The summed E-state index contributed by atoms with van der Waals surface area (Å²) in [5.41, 5.74) is 0.965. The highest BCUT2D eigenvalue weighted by molar-refractivity contribution is 9.10. The molecular weight excluding hydrogens is 394 g/mol. The van der Waals surface area contributed by atoms with Gasteiger partial charge in [-0.2, -0.15) is 0 Å². The Hall–Kier alpha value is -2.44. The SMILES string of the molecule is O=C(Nc1ccc(Cl)cc1)c1cnc(Oc2ccc(Br)cc2)nc1. The molecule has 0 spiro atoms. The molecule has 1 N–H and O–H groups in total. The average molecular weight is 405 g/mol. The van der Waals surface area contributed by atoms with Crippen molar-refractivity contribution in [1.29, 1.82) is 0 Å². The van der Waals surface area contributed by atoms with Gasteiger partial charge < -0.3 is 10.1 Å². The van der Waals surface area contributed by atoms with E-state index in [1.165, 1.54) is 12.4 Å². The van der Waals surface area contributed by atoms with Gasteiger partial charge in [0.15, 0.2) is 0 Å². The highest BCUT2D eigenvalue weighted by Gasteiger charge is 2.08. The smallest absolute Gasteiger partial charge is 0.321 e. The van der Waals surface area contributed by atoms with Crippen molar-refractivity contribution in [3.8, 4) is 11.8 Å². The van der Waals surface area contributed by atoms with Gasteiger partial charge >= 0.3 is 6.01 Å². The van der Waals surface area contributed by atoms with Crippen LogP contribution in [0.3, 0.4) is 0 Å². The molecule has 0 aliphatic heterocycles. The fourth-order valence-corrected chi connectivity index (χ4v) is 2.22. The molecule has 0 atom stereocenters. The monoisotopic (exact) mass is 403 g/mol. The van der Waals surface area contributed by atoms with Crippen molar-refractivity contribution < 1.29 is 9.53 Å². The van der Waals surface area contributed by atoms with Crippen LogP contribution in [0.1, 0.15) is 10.4 Å².